The molecule has 23 heteroatoms. The van der Waals surface area contributed by atoms with Gasteiger partial charge in [0.1, 0.15) is 30.7 Å². The van der Waals surface area contributed by atoms with Crippen LogP contribution in [-0.2, 0) is 43.9 Å². The maximum absolute atomic E-state index is 13.0. The average Bonchev–Trinajstić information content (AvgIpc) is 3.64. The van der Waals surface area contributed by atoms with Gasteiger partial charge in [-0.25, -0.2) is 4.68 Å². The van der Waals surface area contributed by atoms with Crippen LogP contribution in [0.1, 0.15) is 22.1 Å². The Morgan fingerprint density at radius 3 is 2.32 bits per heavy atom. The van der Waals surface area contributed by atoms with E-state index in [1.54, 1.807) is 24.3 Å². The summed E-state index contributed by atoms with van der Waals surface area (Å²) in [6.07, 6.45) is 0.443. The van der Waals surface area contributed by atoms with E-state index in [0.717, 1.165) is 4.68 Å². The number of terminal acetylenes is 1. The molecular formula is C30H41ClN6O14P2. The number of fused-ring (bicyclic) bond motifs is 1. The monoisotopic (exact) mass is 806 g/mol. The highest BCUT2D eigenvalue weighted by Gasteiger charge is 2.46. The molecule has 1 saturated heterocycles. The Morgan fingerprint density at radius 1 is 0.981 bits per heavy atom. The smallest absolute Gasteiger partial charge is 0.340 e. The molecule has 5 atom stereocenters. The minimum atomic E-state index is -4.89. The topological polar surface area (TPSA) is 275 Å². The Hall–Kier alpha value is -3.09. The number of nitrogens with zero attached hydrogens (tertiary/aromatic N) is 4. The number of hydrogen-bond donors (Lipinski definition) is 7. The molecule has 0 saturated carbocycles. The second-order valence-corrected chi connectivity index (χ2v) is 15.6. The number of aromatic nitrogens is 4. The SMILES string of the molecule is C#CCOCCOCCOCCOCCNC(=O)c1ccccc1CNc1nc(Cl)nc2c1cnn2[C@@H]1O[C@H](COP(=O)(O)CP(=O)(O)O)[C@@H](O)[C@H]1O. The normalized spacial score (nSPS) is 19.9. The van der Waals surface area contributed by atoms with Gasteiger partial charge in [-0.3, -0.25) is 13.9 Å². The number of carbonyl (C=O) groups excluding carboxylic acids is 1. The number of anilines is 1. The Kier molecular flexibility index (Phi) is 16.5. The van der Waals surface area contributed by atoms with Gasteiger partial charge in [-0.1, -0.05) is 24.1 Å². The molecule has 0 radical (unpaired) electrons. The van der Waals surface area contributed by atoms with Crippen molar-refractivity contribution in [3.63, 3.8) is 0 Å². The van der Waals surface area contributed by atoms with Crippen molar-refractivity contribution >= 4 is 49.6 Å². The number of hydrogen-bond acceptors (Lipinski definition) is 15. The van der Waals surface area contributed by atoms with Crippen molar-refractivity contribution < 1.29 is 67.0 Å². The third kappa shape index (κ3) is 13.3. The summed E-state index contributed by atoms with van der Waals surface area (Å²) in [5, 5.41) is 31.5. The summed E-state index contributed by atoms with van der Waals surface area (Å²) in [6, 6.07) is 6.91. The van der Waals surface area contributed by atoms with E-state index in [1.807, 2.05) is 0 Å². The van der Waals surface area contributed by atoms with E-state index in [0.29, 0.717) is 56.2 Å². The zero-order chi connectivity index (χ0) is 38.4. The van der Waals surface area contributed by atoms with E-state index >= 15 is 0 Å². The summed E-state index contributed by atoms with van der Waals surface area (Å²) < 4.78 is 56.1. The largest absolute Gasteiger partial charge is 0.387 e. The molecule has 1 aliphatic heterocycles. The molecule has 4 rings (SSSR count). The molecule has 1 aromatic carbocycles. The van der Waals surface area contributed by atoms with Crippen LogP contribution in [0.4, 0.5) is 5.82 Å². The molecule has 2 aromatic heterocycles. The molecule has 53 heavy (non-hydrogen) atoms. The lowest BCUT2D eigenvalue weighted by molar-refractivity contribution is -0.0541. The van der Waals surface area contributed by atoms with Gasteiger partial charge in [0, 0.05) is 18.7 Å². The maximum Gasteiger partial charge on any atom is 0.340 e. The van der Waals surface area contributed by atoms with E-state index in [2.05, 4.69) is 31.6 Å². The van der Waals surface area contributed by atoms with Gasteiger partial charge in [0.05, 0.1) is 64.4 Å². The van der Waals surface area contributed by atoms with Gasteiger partial charge in [0.25, 0.3) is 5.91 Å². The highest BCUT2D eigenvalue weighted by Crippen LogP contribution is 2.55. The highest BCUT2D eigenvalue weighted by atomic mass is 35.5. The number of rotatable bonds is 23. The van der Waals surface area contributed by atoms with E-state index in [1.165, 1.54) is 6.20 Å². The Balaban J connectivity index is 1.27. The minimum absolute atomic E-state index is 0.0894. The van der Waals surface area contributed by atoms with Crippen molar-refractivity contribution in [2.75, 3.05) is 77.2 Å². The first kappa shape index (κ1) is 42.6. The minimum Gasteiger partial charge on any atom is -0.387 e. The quantitative estimate of drug-likeness (QED) is 0.0297. The van der Waals surface area contributed by atoms with Crippen LogP contribution in [0.3, 0.4) is 0 Å². The molecule has 0 aliphatic carbocycles. The summed E-state index contributed by atoms with van der Waals surface area (Å²) in [4.78, 5) is 49.2. The van der Waals surface area contributed by atoms with Gasteiger partial charge in [-0.15, -0.1) is 6.42 Å². The maximum atomic E-state index is 13.0. The van der Waals surface area contributed by atoms with Crippen molar-refractivity contribution in [3.05, 3.63) is 46.9 Å². The summed E-state index contributed by atoms with van der Waals surface area (Å²) in [6.45, 7) is 2.48. The number of ether oxygens (including phenoxy) is 5. The molecule has 292 valence electrons. The summed E-state index contributed by atoms with van der Waals surface area (Å²) in [5.41, 5.74) is 1.12. The zero-order valence-electron chi connectivity index (χ0n) is 28.2. The Labute approximate surface area is 308 Å². The van der Waals surface area contributed by atoms with Crippen LogP contribution in [-0.4, -0.2) is 141 Å². The fourth-order valence-electron chi connectivity index (χ4n) is 4.95. The van der Waals surface area contributed by atoms with Gasteiger partial charge in [-0.05, 0) is 23.2 Å². The summed E-state index contributed by atoms with van der Waals surface area (Å²) >= 11 is 6.22. The second-order valence-electron chi connectivity index (χ2n) is 11.3. The molecular weight excluding hydrogens is 766 g/mol. The molecule has 1 aliphatic rings. The van der Waals surface area contributed by atoms with Gasteiger partial charge < -0.3 is 63.7 Å². The van der Waals surface area contributed by atoms with Crippen LogP contribution in [0.2, 0.25) is 5.28 Å². The van der Waals surface area contributed by atoms with Crippen molar-refractivity contribution in [3.8, 4) is 12.3 Å². The fraction of sp³-hybridized carbons (Fsp3) is 0.533. The van der Waals surface area contributed by atoms with Crippen LogP contribution in [0.15, 0.2) is 30.5 Å². The second kappa shape index (κ2) is 20.6. The predicted molar refractivity (Wildman–Crippen MR) is 187 cm³/mol. The van der Waals surface area contributed by atoms with Crippen LogP contribution >= 0.6 is 26.8 Å². The number of halogens is 1. The molecule has 3 heterocycles. The summed E-state index contributed by atoms with van der Waals surface area (Å²) in [7, 11) is -9.64. The first-order valence-electron chi connectivity index (χ1n) is 16.1. The van der Waals surface area contributed by atoms with Crippen LogP contribution < -0.4 is 10.6 Å². The average molecular weight is 807 g/mol. The first-order valence-corrected chi connectivity index (χ1v) is 20.0. The lowest BCUT2D eigenvalue weighted by Crippen LogP contribution is -2.33. The first-order chi connectivity index (χ1) is 25.3. The molecule has 1 unspecified atom stereocenters. The number of benzene rings is 1. The van der Waals surface area contributed by atoms with Crippen LogP contribution in [0, 0.1) is 12.3 Å². The third-order valence-corrected chi connectivity index (χ3v) is 11.0. The third-order valence-electron chi connectivity index (χ3n) is 7.35. The summed E-state index contributed by atoms with van der Waals surface area (Å²) in [5.74, 6) is 0.836. The van der Waals surface area contributed by atoms with E-state index in [9.17, 15) is 29.0 Å². The highest BCUT2D eigenvalue weighted by molar-refractivity contribution is 7.70. The number of nitrogens with one attached hydrogen (secondary N) is 2. The fourth-order valence-corrected chi connectivity index (χ4v) is 7.68. The number of aliphatic hydroxyl groups is 2. The zero-order valence-corrected chi connectivity index (χ0v) is 30.8. The van der Waals surface area contributed by atoms with Gasteiger partial charge >= 0.3 is 15.2 Å². The lowest BCUT2D eigenvalue weighted by atomic mass is 10.1. The van der Waals surface area contributed by atoms with Gasteiger partial charge in [-0.2, -0.15) is 15.1 Å². The van der Waals surface area contributed by atoms with Crippen LogP contribution in [0.25, 0.3) is 11.0 Å². The lowest BCUT2D eigenvalue weighted by Gasteiger charge is -2.18. The van der Waals surface area contributed by atoms with Crippen molar-refractivity contribution in [1.82, 2.24) is 25.1 Å². The van der Waals surface area contributed by atoms with Crippen LogP contribution in [0.5, 0.6) is 0 Å². The molecule has 3 aromatic rings. The number of amides is 1. The number of carbonyl (C=O) groups is 1. The van der Waals surface area contributed by atoms with Gasteiger partial charge in [0.2, 0.25) is 5.28 Å². The molecule has 0 bridgehead atoms. The molecule has 7 N–H and O–H groups in total. The number of aliphatic hydroxyl groups excluding tert-OH is 2. The van der Waals surface area contributed by atoms with Gasteiger partial charge in [0.15, 0.2) is 17.8 Å². The Morgan fingerprint density at radius 2 is 1.64 bits per heavy atom. The van der Waals surface area contributed by atoms with E-state index < -0.39 is 52.2 Å². The van der Waals surface area contributed by atoms with E-state index in [4.69, 9.17) is 56.0 Å². The van der Waals surface area contributed by atoms with Crippen molar-refractivity contribution in [1.29, 1.82) is 0 Å². The predicted octanol–water partition coefficient (Wildman–Crippen LogP) is 0.478. The van der Waals surface area contributed by atoms with Crippen molar-refractivity contribution in [2.45, 2.75) is 31.1 Å². The molecule has 20 nitrogen and oxygen atoms in total. The molecule has 1 amide bonds. The standard InChI is InChI=1S/C30H41ClN6O14P2/c1-2-8-46-10-12-48-14-15-49-13-11-47-9-7-32-28(40)21-6-4-3-5-20(21)16-33-26-22-17-34-37(27(22)36-30(31)35-26)29-25(39)24(38)23(51-29)18-50-53(44,45)19-52(41,42)43/h1,3-6,17,23-25,29,38-39H,7-16,18-19H2,(H,32,40)(H,44,45)(H,33,35,36)(H2,41,42,43)/t23-,24-,25-,29-/m1/s1. The molecule has 0 spiro atoms. The van der Waals surface area contributed by atoms with E-state index in [-0.39, 0.29) is 49.0 Å². The van der Waals surface area contributed by atoms with Crippen molar-refractivity contribution in [2.24, 2.45) is 0 Å². The molecule has 1 fully saturated rings. The Bertz CT molecular complexity index is 1790.